The molecule has 0 spiro atoms. The van der Waals surface area contributed by atoms with E-state index in [1.165, 1.54) is 0 Å². The van der Waals surface area contributed by atoms with Gasteiger partial charge in [0.1, 0.15) is 17.0 Å². The first-order chi connectivity index (χ1) is 12.2. The lowest BCUT2D eigenvalue weighted by Crippen LogP contribution is -2.29. The zero-order valence-electron chi connectivity index (χ0n) is 14.6. The Balaban J connectivity index is 1.57. The lowest BCUT2D eigenvalue weighted by molar-refractivity contribution is 0.0783. The maximum atomic E-state index is 12.7. The first kappa shape index (κ1) is 15.8. The van der Waals surface area contributed by atoms with Crippen molar-refractivity contribution in [3.8, 4) is 0 Å². The molecular formula is C18H22N6O. The van der Waals surface area contributed by atoms with Gasteiger partial charge in [0.05, 0.1) is 0 Å². The van der Waals surface area contributed by atoms with Gasteiger partial charge in [-0.3, -0.25) is 9.48 Å². The molecular weight excluding hydrogens is 316 g/mol. The first-order valence-corrected chi connectivity index (χ1v) is 8.85. The van der Waals surface area contributed by atoms with Gasteiger partial charge in [-0.1, -0.05) is 0 Å². The summed E-state index contributed by atoms with van der Waals surface area (Å²) in [7, 11) is 0. The average Bonchev–Trinajstić information content (AvgIpc) is 3.37. The molecule has 7 heteroatoms. The summed E-state index contributed by atoms with van der Waals surface area (Å²) in [6.07, 6.45) is 4.57. The molecule has 0 aliphatic carbocycles. The third-order valence-corrected chi connectivity index (χ3v) is 4.87. The number of amides is 1. The second kappa shape index (κ2) is 6.31. The topological polar surface area (TPSA) is 68.8 Å². The van der Waals surface area contributed by atoms with Crippen LogP contribution in [-0.2, 0) is 13.1 Å². The van der Waals surface area contributed by atoms with Crippen molar-refractivity contribution in [3.63, 3.8) is 0 Å². The molecule has 1 unspecified atom stereocenters. The molecule has 3 aromatic rings. The van der Waals surface area contributed by atoms with E-state index in [1.807, 2.05) is 30.2 Å². The van der Waals surface area contributed by atoms with E-state index in [9.17, 15) is 4.79 Å². The number of carbonyl (C=O) groups is 1. The van der Waals surface area contributed by atoms with E-state index in [0.717, 1.165) is 43.0 Å². The highest BCUT2D eigenvalue weighted by atomic mass is 16.2. The summed E-state index contributed by atoms with van der Waals surface area (Å²) in [5, 5.41) is 4.33. The zero-order valence-corrected chi connectivity index (χ0v) is 14.6. The monoisotopic (exact) mass is 338 g/mol. The summed E-state index contributed by atoms with van der Waals surface area (Å²) in [6.45, 7) is 7.13. The van der Waals surface area contributed by atoms with Crippen LogP contribution in [0.25, 0.3) is 11.2 Å². The minimum absolute atomic E-state index is 0.00647. The summed E-state index contributed by atoms with van der Waals surface area (Å²) in [4.78, 5) is 23.8. The third-order valence-electron chi connectivity index (χ3n) is 4.87. The quantitative estimate of drug-likeness (QED) is 0.732. The van der Waals surface area contributed by atoms with Crippen molar-refractivity contribution in [2.45, 2.75) is 39.3 Å². The Morgan fingerprint density at radius 2 is 2.16 bits per heavy atom. The highest BCUT2D eigenvalue weighted by Gasteiger charge is 2.32. The molecule has 7 nitrogen and oxygen atoms in total. The Labute approximate surface area is 146 Å². The molecule has 0 N–H and O–H groups in total. The van der Waals surface area contributed by atoms with E-state index >= 15 is 0 Å². The zero-order chi connectivity index (χ0) is 17.4. The fourth-order valence-corrected chi connectivity index (χ4v) is 3.57. The fourth-order valence-electron chi connectivity index (χ4n) is 3.57. The number of aryl methyl sites for hydroxylation is 2. The maximum Gasteiger partial charge on any atom is 0.274 e. The minimum atomic E-state index is 0.00647. The van der Waals surface area contributed by atoms with Crippen LogP contribution in [0.4, 0.5) is 0 Å². The summed E-state index contributed by atoms with van der Waals surface area (Å²) in [6, 6.07) is 5.70. The van der Waals surface area contributed by atoms with E-state index < -0.39 is 0 Å². The van der Waals surface area contributed by atoms with Crippen LogP contribution in [-0.4, -0.2) is 48.2 Å². The highest BCUT2D eigenvalue weighted by Crippen LogP contribution is 2.29. The molecule has 3 aromatic heterocycles. The van der Waals surface area contributed by atoms with E-state index in [-0.39, 0.29) is 11.8 Å². The van der Waals surface area contributed by atoms with Crippen molar-refractivity contribution in [2.75, 3.05) is 13.1 Å². The largest absolute Gasteiger partial charge is 0.336 e. The highest BCUT2D eigenvalue weighted by molar-refractivity contribution is 5.92. The number of nitrogens with zero attached hydrogens (tertiary/aromatic N) is 6. The number of aromatic nitrogens is 5. The van der Waals surface area contributed by atoms with Crippen molar-refractivity contribution in [1.82, 2.24) is 29.2 Å². The number of likely N-dealkylation sites (tertiary alicyclic amines) is 1. The normalized spacial score (nSPS) is 17.5. The molecule has 1 saturated heterocycles. The number of rotatable bonds is 4. The van der Waals surface area contributed by atoms with Gasteiger partial charge in [-0.05, 0) is 38.5 Å². The van der Waals surface area contributed by atoms with Gasteiger partial charge < -0.3 is 9.47 Å². The van der Waals surface area contributed by atoms with Crippen LogP contribution in [0.3, 0.4) is 0 Å². The van der Waals surface area contributed by atoms with Gasteiger partial charge in [-0.15, -0.1) is 0 Å². The van der Waals surface area contributed by atoms with E-state index in [4.69, 9.17) is 4.98 Å². The average molecular weight is 338 g/mol. The van der Waals surface area contributed by atoms with Crippen LogP contribution in [0.15, 0.2) is 30.6 Å². The summed E-state index contributed by atoms with van der Waals surface area (Å²) >= 11 is 0. The Morgan fingerprint density at radius 1 is 1.28 bits per heavy atom. The summed E-state index contributed by atoms with van der Waals surface area (Å²) in [5.41, 5.74) is 2.37. The van der Waals surface area contributed by atoms with E-state index in [1.54, 1.807) is 16.9 Å². The number of pyridine rings is 1. The molecule has 4 heterocycles. The summed E-state index contributed by atoms with van der Waals surface area (Å²) < 4.78 is 3.95. The molecule has 0 bridgehead atoms. The molecule has 0 saturated carbocycles. The second-order valence-corrected chi connectivity index (χ2v) is 6.35. The van der Waals surface area contributed by atoms with Crippen LogP contribution >= 0.6 is 0 Å². The smallest absolute Gasteiger partial charge is 0.274 e. The predicted octanol–water partition coefficient (Wildman–Crippen LogP) is 2.30. The van der Waals surface area contributed by atoms with Gasteiger partial charge in [-0.2, -0.15) is 5.10 Å². The Kier molecular flexibility index (Phi) is 3.99. The van der Waals surface area contributed by atoms with Crippen LogP contribution in [0.2, 0.25) is 0 Å². The van der Waals surface area contributed by atoms with Crippen LogP contribution in [0, 0.1) is 0 Å². The standard InChI is InChI=1S/C18H22N6O/c1-3-23-11-8-15(21-23)18(25)22-10-7-13(12-22)16-20-14-6-5-9-19-17(14)24(16)4-2/h5-6,8-9,11,13H,3-4,7,10,12H2,1-2H3. The van der Waals surface area contributed by atoms with Gasteiger partial charge in [0.2, 0.25) is 0 Å². The molecule has 25 heavy (non-hydrogen) atoms. The van der Waals surface area contributed by atoms with E-state index in [2.05, 4.69) is 21.6 Å². The van der Waals surface area contributed by atoms with Crippen LogP contribution in [0.5, 0.6) is 0 Å². The lowest BCUT2D eigenvalue weighted by Gasteiger charge is -2.15. The molecule has 1 aliphatic heterocycles. The predicted molar refractivity (Wildman–Crippen MR) is 94.4 cm³/mol. The number of hydrogen-bond donors (Lipinski definition) is 0. The number of carbonyl (C=O) groups excluding carboxylic acids is 1. The Bertz CT molecular complexity index is 911. The van der Waals surface area contributed by atoms with Crippen molar-refractivity contribution < 1.29 is 4.79 Å². The van der Waals surface area contributed by atoms with Crippen molar-refractivity contribution >= 4 is 17.1 Å². The van der Waals surface area contributed by atoms with Gasteiger partial charge in [0.15, 0.2) is 5.65 Å². The number of fused-ring (bicyclic) bond motifs is 1. The van der Waals surface area contributed by atoms with Gasteiger partial charge in [0.25, 0.3) is 5.91 Å². The van der Waals surface area contributed by atoms with Crippen molar-refractivity contribution in [2.24, 2.45) is 0 Å². The molecule has 1 amide bonds. The Morgan fingerprint density at radius 3 is 2.92 bits per heavy atom. The Hall–Kier alpha value is -2.70. The number of hydrogen-bond acceptors (Lipinski definition) is 4. The molecule has 1 fully saturated rings. The third kappa shape index (κ3) is 2.69. The van der Waals surface area contributed by atoms with Crippen molar-refractivity contribution in [1.29, 1.82) is 0 Å². The van der Waals surface area contributed by atoms with Crippen LogP contribution in [0.1, 0.15) is 42.5 Å². The van der Waals surface area contributed by atoms with E-state index in [0.29, 0.717) is 12.2 Å². The molecule has 1 atom stereocenters. The van der Waals surface area contributed by atoms with Gasteiger partial charge in [0, 0.05) is 44.5 Å². The van der Waals surface area contributed by atoms with Gasteiger partial charge in [-0.25, -0.2) is 9.97 Å². The molecule has 1 aliphatic rings. The fraction of sp³-hybridized carbons (Fsp3) is 0.444. The SMILES string of the molecule is CCn1ccc(C(=O)N2CCC(c3nc4cccnc4n3CC)C2)n1. The van der Waals surface area contributed by atoms with Gasteiger partial charge >= 0.3 is 0 Å². The summed E-state index contributed by atoms with van der Waals surface area (Å²) in [5.74, 6) is 1.28. The molecule has 130 valence electrons. The van der Waals surface area contributed by atoms with Crippen LogP contribution < -0.4 is 0 Å². The number of imidazole rings is 1. The molecule has 4 rings (SSSR count). The lowest BCUT2D eigenvalue weighted by atomic mass is 10.1. The van der Waals surface area contributed by atoms with Crippen molar-refractivity contribution in [3.05, 3.63) is 42.1 Å². The first-order valence-electron chi connectivity index (χ1n) is 8.85. The minimum Gasteiger partial charge on any atom is -0.336 e. The maximum absolute atomic E-state index is 12.7. The molecule has 0 aromatic carbocycles. The second-order valence-electron chi connectivity index (χ2n) is 6.35. The molecule has 0 radical (unpaired) electrons.